The van der Waals surface area contributed by atoms with E-state index in [4.69, 9.17) is 4.74 Å². The van der Waals surface area contributed by atoms with Crippen LogP contribution in [-0.4, -0.2) is 33.6 Å². The Morgan fingerprint density at radius 1 is 1.21 bits per heavy atom. The van der Waals surface area contributed by atoms with Crippen LogP contribution in [0.5, 0.6) is 5.75 Å². The summed E-state index contributed by atoms with van der Waals surface area (Å²) in [5.41, 5.74) is -0.615. The van der Waals surface area contributed by atoms with E-state index in [0.29, 0.717) is 10.0 Å². The van der Waals surface area contributed by atoms with E-state index < -0.39 is 10.5 Å². The van der Waals surface area contributed by atoms with Gasteiger partial charge >= 0.3 is 5.69 Å². The number of carbonyl (C=O) groups excluding carboxylic acids is 2. The molecule has 2 fully saturated rings. The van der Waals surface area contributed by atoms with Gasteiger partial charge < -0.3 is 4.74 Å². The van der Waals surface area contributed by atoms with Crippen LogP contribution in [0, 0.1) is 33.8 Å². The average molecular weight is 462 g/mol. The molecule has 2 aliphatic carbocycles. The highest BCUT2D eigenvalue weighted by Crippen LogP contribution is 2.52. The number of fused-ring (bicyclic) bond motifs is 5. The maximum absolute atomic E-state index is 12.8. The molecule has 0 aromatic heterocycles. The number of amides is 2. The lowest BCUT2D eigenvalue weighted by molar-refractivity contribution is -0.386. The second kappa shape index (κ2) is 6.76. The van der Waals surface area contributed by atoms with E-state index in [0.717, 1.165) is 11.4 Å². The standard InChI is InChI=1S/C20H20BrN3O5/c1-20(2,3)29-17-12(7-13(21)8-14(17)24(27)28)9-22-23-18(25)15-10-4-5-11(6-10)16(15)19(23)26/h4-5,7-11,15-16H,6H2,1-3H3. The normalized spacial score (nSPS) is 27.9. The van der Waals surface area contributed by atoms with Crippen molar-refractivity contribution in [3.8, 4) is 5.75 Å². The van der Waals surface area contributed by atoms with E-state index in [2.05, 4.69) is 21.0 Å². The van der Waals surface area contributed by atoms with Crippen molar-refractivity contribution in [1.29, 1.82) is 0 Å². The summed E-state index contributed by atoms with van der Waals surface area (Å²) in [5, 5.41) is 16.6. The first-order valence-corrected chi connectivity index (χ1v) is 10.1. The Balaban J connectivity index is 1.69. The molecule has 8 nitrogen and oxygen atoms in total. The predicted molar refractivity (Wildman–Crippen MR) is 108 cm³/mol. The van der Waals surface area contributed by atoms with Crippen LogP contribution in [0.2, 0.25) is 0 Å². The van der Waals surface area contributed by atoms with Gasteiger partial charge in [0.15, 0.2) is 0 Å². The van der Waals surface area contributed by atoms with Gasteiger partial charge in [0.1, 0.15) is 5.60 Å². The summed E-state index contributed by atoms with van der Waals surface area (Å²) in [5.74, 6) is -1.10. The Bertz CT molecular complexity index is 951. The summed E-state index contributed by atoms with van der Waals surface area (Å²) in [6, 6.07) is 2.95. The Morgan fingerprint density at radius 3 is 2.31 bits per heavy atom. The molecular formula is C20H20BrN3O5. The summed E-state index contributed by atoms with van der Waals surface area (Å²) >= 11 is 3.26. The quantitative estimate of drug-likeness (QED) is 0.223. The van der Waals surface area contributed by atoms with Crippen molar-refractivity contribution < 1.29 is 19.2 Å². The summed E-state index contributed by atoms with van der Waals surface area (Å²) in [6.07, 6.45) is 6.14. The first-order valence-electron chi connectivity index (χ1n) is 9.34. The van der Waals surface area contributed by atoms with E-state index in [-0.39, 0.29) is 46.9 Å². The fourth-order valence-electron chi connectivity index (χ4n) is 4.37. The molecule has 0 radical (unpaired) electrons. The largest absolute Gasteiger partial charge is 0.481 e. The summed E-state index contributed by atoms with van der Waals surface area (Å²) in [4.78, 5) is 36.5. The highest BCUT2D eigenvalue weighted by molar-refractivity contribution is 9.10. The molecule has 1 aliphatic heterocycles. The fraction of sp³-hybridized carbons (Fsp3) is 0.450. The van der Waals surface area contributed by atoms with E-state index in [9.17, 15) is 19.7 Å². The number of benzene rings is 1. The summed E-state index contributed by atoms with van der Waals surface area (Å²) in [6.45, 7) is 5.32. The van der Waals surface area contributed by atoms with Crippen molar-refractivity contribution in [2.75, 3.05) is 0 Å². The Labute approximate surface area is 175 Å². The molecule has 152 valence electrons. The van der Waals surface area contributed by atoms with Crippen LogP contribution >= 0.6 is 15.9 Å². The average Bonchev–Trinajstić information content (AvgIpc) is 3.28. The van der Waals surface area contributed by atoms with E-state index in [1.54, 1.807) is 26.8 Å². The number of allylic oxidation sites excluding steroid dienone is 2. The number of hydrogen-bond donors (Lipinski definition) is 0. The van der Waals surface area contributed by atoms with Gasteiger partial charge in [0.2, 0.25) is 5.75 Å². The van der Waals surface area contributed by atoms with Gasteiger partial charge in [-0.2, -0.15) is 10.1 Å². The highest BCUT2D eigenvalue weighted by atomic mass is 79.9. The first-order chi connectivity index (χ1) is 13.6. The third-order valence-corrected chi connectivity index (χ3v) is 5.88. The van der Waals surface area contributed by atoms with Crippen LogP contribution < -0.4 is 4.74 Å². The number of nitro benzene ring substituents is 1. The second-order valence-electron chi connectivity index (χ2n) is 8.55. The zero-order chi connectivity index (χ0) is 21.1. The Hall–Kier alpha value is -2.55. The molecule has 4 rings (SSSR count). The minimum absolute atomic E-state index is 0.0375. The molecule has 29 heavy (non-hydrogen) atoms. The molecule has 4 unspecified atom stereocenters. The minimum Gasteiger partial charge on any atom is -0.481 e. The molecule has 2 amide bonds. The molecule has 4 atom stereocenters. The van der Waals surface area contributed by atoms with Crippen molar-refractivity contribution in [3.05, 3.63) is 44.4 Å². The van der Waals surface area contributed by atoms with Gasteiger partial charge in [-0.3, -0.25) is 19.7 Å². The molecule has 3 aliphatic rings. The molecule has 9 heteroatoms. The third-order valence-electron chi connectivity index (χ3n) is 5.43. The zero-order valence-corrected chi connectivity index (χ0v) is 17.8. The Kier molecular flexibility index (Phi) is 4.60. The van der Waals surface area contributed by atoms with Crippen LogP contribution in [0.4, 0.5) is 5.69 Å². The number of halogens is 1. The lowest BCUT2D eigenvalue weighted by atomic mass is 9.85. The van der Waals surface area contributed by atoms with Crippen LogP contribution in [-0.2, 0) is 9.59 Å². The number of rotatable bonds is 4. The van der Waals surface area contributed by atoms with Crippen molar-refractivity contribution in [2.24, 2.45) is 28.8 Å². The first kappa shape index (κ1) is 19.8. The monoisotopic (exact) mass is 461 g/mol. The third kappa shape index (κ3) is 3.37. The molecular weight excluding hydrogens is 442 g/mol. The molecule has 1 saturated heterocycles. The van der Waals surface area contributed by atoms with Gasteiger partial charge in [-0.15, -0.1) is 0 Å². The zero-order valence-electron chi connectivity index (χ0n) is 16.2. The topological polar surface area (TPSA) is 102 Å². The lowest BCUT2D eigenvalue weighted by Gasteiger charge is -2.22. The number of carbonyl (C=O) groups is 2. The number of nitro groups is 1. The SMILES string of the molecule is CC(C)(C)Oc1c(C=NN2C(=O)C3C4C=CC(C4)C3C2=O)cc(Br)cc1[N+](=O)[O-]. The van der Waals surface area contributed by atoms with Gasteiger partial charge in [-0.05, 0) is 45.1 Å². The number of hydrazone groups is 1. The number of nitrogens with zero attached hydrogens (tertiary/aromatic N) is 3. The molecule has 2 bridgehead atoms. The molecule has 1 aromatic carbocycles. The smallest absolute Gasteiger partial charge is 0.312 e. The van der Waals surface area contributed by atoms with Crippen molar-refractivity contribution in [1.82, 2.24) is 5.01 Å². The molecule has 1 saturated carbocycles. The fourth-order valence-corrected chi connectivity index (χ4v) is 4.83. The lowest BCUT2D eigenvalue weighted by Crippen LogP contribution is -2.28. The van der Waals surface area contributed by atoms with Crippen molar-refractivity contribution in [3.63, 3.8) is 0 Å². The van der Waals surface area contributed by atoms with E-state index >= 15 is 0 Å². The van der Waals surface area contributed by atoms with Crippen LogP contribution in [0.1, 0.15) is 32.8 Å². The summed E-state index contributed by atoms with van der Waals surface area (Å²) < 4.78 is 6.28. The maximum atomic E-state index is 12.8. The highest BCUT2D eigenvalue weighted by Gasteiger charge is 2.59. The second-order valence-corrected chi connectivity index (χ2v) is 9.46. The van der Waals surface area contributed by atoms with Crippen molar-refractivity contribution >= 4 is 39.6 Å². The van der Waals surface area contributed by atoms with Gasteiger partial charge in [-0.25, -0.2) is 0 Å². The van der Waals surface area contributed by atoms with E-state index in [1.807, 2.05) is 12.2 Å². The molecule has 1 aromatic rings. The predicted octanol–water partition coefficient (Wildman–Crippen LogP) is 3.68. The number of imide groups is 1. The maximum Gasteiger partial charge on any atom is 0.312 e. The van der Waals surface area contributed by atoms with Gasteiger partial charge in [0.25, 0.3) is 11.8 Å². The number of ether oxygens (including phenoxy) is 1. The molecule has 0 N–H and O–H groups in total. The van der Waals surface area contributed by atoms with Gasteiger partial charge in [0.05, 0.1) is 23.0 Å². The molecule has 0 spiro atoms. The minimum atomic E-state index is -0.692. The van der Waals surface area contributed by atoms with Crippen LogP contribution in [0.3, 0.4) is 0 Å². The summed E-state index contributed by atoms with van der Waals surface area (Å²) in [7, 11) is 0. The van der Waals surface area contributed by atoms with Gasteiger partial charge in [-0.1, -0.05) is 28.1 Å². The van der Waals surface area contributed by atoms with Crippen LogP contribution in [0.25, 0.3) is 0 Å². The number of hydrogen-bond acceptors (Lipinski definition) is 6. The van der Waals surface area contributed by atoms with E-state index in [1.165, 1.54) is 12.3 Å². The molecule has 1 heterocycles. The van der Waals surface area contributed by atoms with Crippen LogP contribution in [0.15, 0.2) is 33.9 Å². The Morgan fingerprint density at radius 2 is 1.79 bits per heavy atom. The van der Waals surface area contributed by atoms with Gasteiger partial charge in [0, 0.05) is 16.1 Å². The van der Waals surface area contributed by atoms with Crippen molar-refractivity contribution in [2.45, 2.75) is 32.8 Å².